The van der Waals surface area contributed by atoms with E-state index in [1.54, 1.807) is 12.1 Å². The highest BCUT2D eigenvalue weighted by Gasteiger charge is 2.28. The second-order valence-corrected chi connectivity index (χ2v) is 10.4. The fourth-order valence-electron chi connectivity index (χ4n) is 3.55. The van der Waals surface area contributed by atoms with Gasteiger partial charge in [0.15, 0.2) is 0 Å². The Bertz CT molecular complexity index is 1220. The van der Waals surface area contributed by atoms with Gasteiger partial charge in [-0.15, -0.1) is 0 Å². The highest BCUT2D eigenvalue weighted by molar-refractivity contribution is 7.92. The molecule has 0 aliphatic heterocycles. The highest BCUT2D eigenvalue weighted by atomic mass is 35.5. The van der Waals surface area contributed by atoms with Gasteiger partial charge >= 0.3 is 0 Å². The van der Waals surface area contributed by atoms with Gasteiger partial charge in [0.05, 0.1) is 10.6 Å². The molecule has 1 amide bonds. The molecule has 0 aromatic heterocycles. The zero-order valence-corrected chi connectivity index (χ0v) is 21.1. The van der Waals surface area contributed by atoms with Crippen LogP contribution in [-0.2, 0) is 27.7 Å². The summed E-state index contributed by atoms with van der Waals surface area (Å²) < 4.78 is 28.2. The number of anilines is 2. The van der Waals surface area contributed by atoms with Crippen molar-refractivity contribution >= 4 is 50.5 Å². The van der Waals surface area contributed by atoms with Crippen molar-refractivity contribution in [3.05, 3.63) is 87.4 Å². The molecule has 1 N–H and O–H groups in total. The molecule has 0 aliphatic carbocycles. The molecule has 33 heavy (non-hydrogen) atoms. The summed E-state index contributed by atoms with van der Waals surface area (Å²) in [5.74, 6) is -0.461. The summed E-state index contributed by atoms with van der Waals surface area (Å²) >= 11 is 12.3. The van der Waals surface area contributed by atoms with Gasteiger partial charge in [-0.3, -0.25) is 9.10 Å². The number of para-hydroxylation sites is 1. The minimum Gasteiger partial charge on any atom is -0.324 e. The predicted molar refractivity (Wildman–Crippen MR) is 136 cm³/mol. The molecule has 0 saturated heterocycles. The Hall–Kier alpha value is -2.54. The normalized spacial score (nSPS) is 11.3. The monoisotopic (exact) mass is 504 g/mol. The van der Waals surface area contributed by atoms with E-state index in [1.807, 2.05) is 39.0 Å². The predicted octanol–water partition coefficient (Wildman–Crippen LogP) is 6.26. The Morgan fingerprint density at radius 3 is 1.97 bits per heavy atom. The molecule has 0 spiro atoms. The van der Waals surface area contributed by atoms with Crippen LogP contribution in [0.25, 0.3) is 0 Å². The highest BCUT2D eigenvalue weighted by Crippen LogP contribution is 2.30. The molecular formula is C25H26Cl2N2O3S. The van der Waals surface area contributed by atoms with E-state index in [0.717, 1.165) is 39.5 Å². The standard InChI is InChI=1S/C25H26Cl2N2O3S/c1-4-18-7-6-8-19(5-2)25(18)28-24(30)16-29(22-14-20(26)13-21(27)15-22)33(31,32)23-11-9-17(3)10-12-23/h6-15H,4-5,16H2,1-3H3,(H,28,30). The minimum absolute atomic E-state index is 0.0696. The van der Waals surface area contributed by atoms with Gasteiger partial charge in [0.1, 0.15) is 6.54 Å². The van der Waals surface area contributed by atoms with E-state index in [4.69, 9.17) is 23.2 Å². The van der Waals surface area contributed by atoms with Gasteiger partial charge < -0.3 is 5.32 Å². The van der Waals surface area contributed by atoms with E-state index < -0.39 is 22.5 Å². The van der Waals surface area contributed by atoms with Crippen molar-refractivity contribution in [1.29, 1.82) is 0 Å². The van der Waals surface area contributed by atoms with Gasteiger partial charge in [-0.1, -0.05) is 72.9 Å². The second kappa shape index (κ2) is 10.6. The Labute approximate surface area is 205 Å². The van der Waals surface area contributed by atoms with Gasteiger partial charge in [0.25, 0.3) is 10.0 Å². The van der Waals surface area contributed by atoms with E-state index in [9.17, 15) is 13.2 Å². The maximum atomic E-state index is 13.6. The molecule has 3 rings (SSSR count). The lowest BCUT2D eigenvalue weighted by Crippen LogP contribution is -2.38. The Morgan fingerprint density at radius 1 is 0.909 bits per heavy atom. The molecule has 3 aromatic carbocycles. The van der Waals surface area contributed by atoms with Crippen LogP contribution < -0.4 is 9.62 Å². The third kappa shape index (κ3) is 5.88. The van der Waals surface area contributed by atoms with Crippen LogP contribution in [0.5, 0.6) is 0 Å². The zero-order valence-electron chi connectivity index (χ0n) is 18.7. The fourth-order valence-corrected chi connectivity index (χ4v) is 5.47. The molecule has 0 radical (unpaired) electrons. The average Bonchev–Trinajstić information content (AvgIpc) is 2.77. The quantitative estimate of drug-likeness (QED) is 0.393. The molecule has 0 unspecified atom stereocenters. The van der Waals surface area contributed by atoms with Gasteiger partial charge in [-0.25, -0.2) is 8.42 Å². The number of hydrogen-bond donors (Lipinski definition) is 1. The number of halogens is 2. The SMILES string of the molecule is CCc1cccc(CC)c1NC(=O)CN(c1cc(Cl)cc(Cl)c1)S(=O)(=O)c1ccc(C)cc1. The van der Waals surface area contributed by atoms with Crippen molar-refractivity contribution < 1.29 is 13.2 Å². The van der Waals surface area contributed by atoms with Crippen LogP contribution in [0.3, 0.4) is 0 Å². The number of carbonyl (C=O) groups excluding carboxylic acids is 1. The molecule has 0 bridgehead atoms. The van der Waals surface area contributed by atoms with Crippen LogP contribution >= 0.6 is 23.2 Å². The van der Waals surface area contributed by atoms with Crippen molar-refractivity contribution in [3.8, 4) is 0 Å². The van der Waals surface area contributed by atoms with Crippen LogP contribution in [0, 0.1) is 6.92 Å². The lowest BCUT2D eigenvalue weighted by Gasteiger charge is -2.25. The first-order chi connectivity index (χ1) is 15.6. The summed E-state index contributed by atoms with van der Waals surface area (Å²) in [6, 6.07) is 16.8. The van der Waals surface area contributed by atoms with Crippen molar-refractivity contribution in [2.24, 2.45) is 0 Å². The van der Waals surface area contributed by atoms with Crippen LogP contribution in [0.15, 0.2) is 65.6 Å². The largest absolute Gasteiger partial charge is 0.324 e. The number of hydrogen-bond acceptors (Lipinski definition) is 3. The van der Waals surface area contributed by atoms with Crippen molar-refractivity contribution in [2.75, 3.05) is 16.2 Å². The Balaban J connectivity index is 2.02. The van der Waals surface area contributed by atoms with Gasteiger partial charge in [0, 0.05) is 15.7 Å². The number of carbonyl (C=O) groups is 1. The van der Waals surface area contributed by atoms with E-state index in [1.165, 1.54) is 30.3 Å². The number of aryl methyl sites for hydroxylation is 3. The van der Waals surface area contributed by atoms with Crippen molar-refractivity contribution in [2.45, 2.75) is 38.5 Å². The summed E-state index contributed by atoms with van der Waals surface area (Å²) in [4.78, 5) is 13.2. The maximum Gasteiger partial charge on any atom is 0.264 e. The summed E-state index contributed by atoms with van der Waals surface area (Å²) in [6.45, 7) is 5.45. The summed E-state index contributed by atoms with van der Waals surface area (Å²) in [5, 5.41) is 3.47. The summed E-state index contributed by atoms with van der Waals surface area (Å²) in [7, 11) is -4.07. The maximum absolute atomic E-state index is 13.6. The first-order valence-corrected chi connectivity index (χ1v) is 12.8. The first kappa shape index (κ1) is 25.1. The van der Waals surface area contributed by atoms with Crippen LogP contribution in [0.4, 0.5) is 11.4 Å². The van der Waals surface area contributed by atoms with Gasteiger partial charge in [-0.05, 0) is 61.2 Å². The fraction of sp³-hybridized carbons (Fsp3) is 0.240. The molecule has 0 atom stereocenters. The first-order valence-electron chi connectivity index (χ1n) is 10.6. The topological polar surface area (TPSA) is 66.5 Å². The molecule has 5 nitrogen and oxygen atoms in total. The molecule has 0 fully saturated rings. The molecular weight excluding hydrogens is 479 g/mol. The minimum atomic E-state index is -4.07. The molecule has 8 heteroatoms. The Kier molecular flexibility index (Phi) is 8.05. The molecule has 0 aliphatic rings. The van der Waals surface area contributed by atoms with E-state index in [-0.39, 0.29) is 20.6 Å². The third-order valence-electron chi connectivity index (χ3n) is 5.29. The average molecular weight is 505 g/mol. The Morgan fingerprint density at radius 2 is 1.45 bits per heavy atom. The van der Waals surface area contributed by atoms with Crippen LogP contribution in [0.1, 0.15) is 30.5 Å². The number of sulfonamides is 1. The van der Waals surface area contributed by atoms with Crippen molar-refractivity contribution in [1.82, 2.24) is 0 Å². The lowest BCUT2D eigenvalue weighted by atomic mass is 10.0. The smallest absolute Gasteiger partial charge is 0.264 e. The molecule has 0 saturated carbocycles. The van der Waals surface area contributed by atoms with E-state index in [2.05, 4.69) is 5.32 Å². The van der Waals surface area contributed by atoms with E-state index in [0.29, 0.717) is 0 Å². The van der Waals surface area contributed by atoms with Crippen molar-refractivity contribution in [3.63, 3.8) is 0 Å². The number of nitrogens with one attached hydrogen (secondary N) is 1. The third-order valence-corrected chi connectivity index (χ3v) is 7.52. The second-order valence-electron chi connectivity index (χ2n) is 7.66. The van der Waals surface area contributed by atoms with Crippen LogP contribution in [0.2, 0.25) is 10.0 Å². The molecule has 0 heterocycles. The number of amides is 1. The van der Waals surface area contributed by atoms with Gasteiger partial charge in [-0.2, -0.15) is 0 Å². The van der Waals surface area contributed by atoms with E-state index >= 15 is 0 Å². The van der Waals surface area contributed by atoms with Gasteiger partial charge in [0.2, 0.25) is 5.91 Å². The lowest BCUT2D eigenvalue weighted by molar-refractivity contribution is -0.114. The van der Waals surface area contributed by atoms with Crippen LogP contribution in [-0.4, -0.2) is 20.9 Å². The summed E-state index contributed by atoms with van der Waals surface area (Å²) in [5.41, 5.74) is 3.84. The molecule has 3 aromatic rings. The number of rotatable bonds is 8. The number of benzene rings is 3. The summed E-state index contributed by atoms with van der Waals surface area (Å²) in [6.07, 6.45) is 1.47. The molecule has 174 valence electrons. The zero-order chi connectivity index (χ0) is 24.2. The number of nitrogens with zero attached hydrogens (tertiary/aromatic N) is 1.